The molecule has 2 aromatic rings. The second-order valence-corrected chi connectivity index (χ2v) is 4.06. The maximum atomic E-state index is 9.16. The van der Waals surface area contributed by atoms with Gasteiger partial charge in [-0.25, -0.2) is 0 Å². The van der Waals surface area contributed by atoms with Crippen LogP contribution in [-0.4, -0.2) is 0 Å². The number of rotatable bonds is 2. The van der Waals surface area contributed by atoms with Crippen molar-refractivity contribution >= 4 is 22.6 Å². The lowest BCUT2D eigenvalue weighted by atomic mass is 10.0. The summed E-state index contributed by atoms with van der Waals surface area (Å²) in [6, 6.07) is 13.6. The van der Waals surface area contributed by atoms with Crippen LogP contribution in [0.15, 0.2) is 47.2 Å². The van der Waals surface area contributed by atoms with Crippen molar-refractivity contribution < 1.29 is 0 Å². The Hall–Kier alpha value is -2.05. The zero-order valence-electron chi connectivity index (χ0n) is 8.55. The van der Waals surface area contributed by atoms with E-state index in [0.29, 0.717) is 11.3 Å². The van der Waals surface area contributed by atoms with Gasteiger partial charge in [-0.3, -0.25) is 0 Å². The Morgan fingerprint density at radius 1 is 1.12 bits per heavy atom. The summed E-state index contributed by atoms with van der Waals surface area (Å²) in [4.78, 5) is 0. The van der Waals surface area contributed by atoms with Crippen LogP contribution in [0.2, 0.25) is 0 Å². The van der Waals surface area contributed by atoms with Crippen LogP contribution >= 0.6 is 11.3 Å². The minimum absolute atomic E-state index is 0.527. The van der Waals surface area contributed by atoms with E-state index in [2.05, 4.69) is 6.07 Å². The van der Waals surface area contributed by atoms with Crippen LogP contribution in [0.1, 0.15) is 11.1 Å². The van der Waals surface area contributed by atoms with Crippen LogP contribution in [0, 0.1) is 11.3 Å². The Kier molecular flexibility index (Phi) is 3.04. The fourth-order valence-electron chi connectivity index (χ4n) is 1.45. The molecule has 0 unspecified atom stereocenters. The number of nitriles is 1. The summed E-state index contributed by atoms with van der Waals surface area (Å²) < 4.78 is 0. The van der Waals surface area contributed by atoms with Crippen LogP contribution in [0.25, 0.3) is 11.3 Å². The highest BCUT2D eigenvalue weighted by molar-refractivity contribution is 7.08. The van der Waals surface area contributed by atoms with Gasteiger partial charge < -0.3 is 5.73 Å². The molecule has 0 fully saturated rings. The van der Waals surface area contributed by atoms with E-state index in [9.17, 15) is 0 Å². The minimum atomic E-state index is 0.527. The van der Waals surface area contributed by atoms with E-state index >= 15 is 0 Å². The van der Waals surface area contributed by atoms with Gasteiger partial charge in [0.15, 0.2) is 0 Å². The van der Waals surface area contributed by atoms with Gasteiger partial charge in [-0.2, -0.15) is 16.6 Å². The molecule has 0 aliphatic heterocycles. The zero-order chi connectivity index (χ0) is 11.4. The van der Waals surface area contributed by atoms with Gasteiger partial charge in [0.1, 0.15) is 6.07 Å². The van der Waals surface area contributed by atoms with Crippen molar-refractivity contribution in [1.82, 2.24) is 0 Å². The molecular formula is C13H10N2S. The zero-order valence-corrected chi connectivity index (χ0v) is 9.37. The van der Waals surface area contributed by atoms with Gasteiger partial charge in [0.05, 0.1) is 11.3 Å². The molecule has 1 heterocycles. The first kappa shape index (κ1) is 10.5. The third-order valence-electron chi connectivity index (χ3n) is 2.28. The van der Waals surface area contributed by atoms with Crippen molar-refractivity contribution in [3.8, 4) is 6.07 Å². The lowest BCUT2D eigenvalue weighted by molar-refractivity contribution is 1.49. The second kappa shape index (κ2) is 4.65. The topological polar surface area (TPSA) is 49.8 Å². The van der Waals surface area contributed by atoms with E-state index in [-0.39, 0.29) is 0 Å². The molecule has 2 N–H and O–H groups in total. The van der Waals surface area contributed by atoms with Crippen molar-refractivity contribution in [3.05, 3.63) is 58.3 Å². The number of nitrogens with two attached hydrogens (primary N) is 1. The number of hydrogen-bond acceptors (Lipinski definition) is 3. The highest BCUT2D eigenvalue weighted by Gasteiger charge is 2.07. The number of benzene rings is 1. The summed E-state index contributed by atoms with van der Waals surface area (Å²) in [5, 5.41) is 13.1. The fraction of sp³-hybridized carbons (Fsp3) is 0. The van der Waals surface area contributed by atoms with Gasteiger partial charge in [0.2, 0.25) is 0 Å². The Morgan fingerprint density at radius 2 is 1.88 bits per heavy atom. The molecule has 0 saturated carbocycles. The predicted octanol–water partition coefficient (Wildman–Crippen LogP) is 3.10. The maximum absolute atomic E-state index is 9.16. The van der Waals surface area contributed by atoms with E-state index in [0.717, 1.165) is 11.1 Å². The molecule has 78 valence electrons. The van der Waals surface area contributed by atoms with E-state index in [1.54, 1.807) is 11.3 Å². The first-order valence-corrected chi connectivity index (χ1v) is 5.75. The first-order chi connectivity index (χ1) is 7.83. The molecule has 0 spiro atoms. The van der Waals surface area contributed by atoms with E-state index < -0.39 is 0 Å². The van der Waals surface area contributed by atoms with Crippen LogP contribution in [0.5, 0.6) is 0 Å². The predicted molar refractivity (Wildman–Crippen MR) is 67.4 cm³/mol. The SMILES string of the molecule is N#C/C(=C(/N)c1ccsc1)c1ccccc1. The summed E-state index contributed by atoms with van der Waals surface area (Å²) >= 11 is 1.57. The van der Waals surface area contributed by atoms with Crippen molar-refractivity contribution in [2.75, 3.05) is 0 Å². The summed E-state index contributed by atoms with van der Waals surface area (Å²) in [6.07, 6.45) is 0. The van der Waals surface area contributed by atoms with Crippen LogP contribution in [-0.2, 0) is 0 Å². The summed E-state index contributed by atoms with van der Waals surface area (Å²) in [6.45, 7) is 0. The van der Waals surface area contributed by atoms with E-state index in [1.165, 1.54) is 0 Å². The first-order valence-electron chi connectivity index (χ1n) is 4.81. The number of thiophene rings is 1. The van der Waals surface area contributed by atoms with E-state index in [1.807, 2.05) is 47.2 Å². The molecule has 2 nitrogen and oxygen atoms in total. The average Bonchev–Trinajstić information content (AvgIpc) is 2.85. The van der Waals surface area contributed by atoms with Gasteiger partial charge in [-0.05, 0) is 17.0 Å². The van der Waals surface area contributed by atoms with Crippen molar-refractivity contribution in [2.45, 2.75) is 0 Å². The Labute approximate surface area is 98.3 Å². The largest absolute Gasteiger partial charge is 0.397 e. The molecule has 0 bridgehead atoms. The average molecular weight is 226 g/mol. The van der Waals surface area contributed by atoms with E-state index in [4.69, 9.17) is 11.0 Å². The summed E-state index contributed by atoms with van der Waals surface area (Å²) in [5.74, 6) is 0. The number of allylic oxidation sites excluding steroid dienone is 1. The monoisotopic (exact) mass is 226 g/mol. The minimum Gasteiger partial charge on any atom is -0.397 e. The summed E-state index contributed by atoms with van der Waals surface area (Å²) in [7, 11) is 0. The van der Waals surface area contributed by atoms with Gasteiger partial charge in [0, 0.05) is 10.9 Å². The fourth-order valence-corrected chi connectivity index (χ4v) is 2.10. The van der Waals surface area contributed by atoms with Crippen molar-refractivity contribution in [2.24, 2.45) is 5.73 Å². The van der Waals surface area contributed by atoms with Crippen LogP contribution in [0.4, 0.5) is 0 Å². The smallest absolute Gasteiger partial charge is 0.102 e. The molecule has 1 aromatic heterocycles. The molecular weight excluding hydrogens is 216 g/mol. The molecule has 0 atom stereocenters. The molecule has 0 aliphatic rings. The normalized spacial score (nSPS) is 11.7. The van der Waals surface area contributed by atoms with Crippen molar-refractivity contribution in [3.63, 3.8) is 0 Å². The lowest BCUT2D eigenvalue weighted by Gasteiger charge is -2.03. The molecule has 0 saturated heterocycles. The third kappa shape index (κ3) is 1.97. The van der Waals surface area contributed by atoms with Gasteiger partial charge in [-0.15, -0.1) is 0 Å². The van der Waals surface area contributed by atoms with Crippen LogP contribution < -0.4 is 5.73 Å². The molecule has 0 amide bonds. The number of nitrogens with zero attached hydrogens (tertiary/aromatic N) is 1. The molecule has 2 rings (SSSR count). The molecule has 1 aromatic carbocycles. The number of hydrogen-bond donors (Lipinski definition) is 1. The standard InChI is InChI=1S/C13H10N2S/c14-8-12(10-4-2-1-3-5-10)13(15)11-6-7-16-9-11/h1-7,9H,15H2/b13-12-. The van der Waals surface area contributed by atoms with Gasteiger partial charge in [0.25, 0.3) is 0 Å². The lowest BCUT2D eigenvalue weighted by Crippen LogP contribution is -1.99. The molecule has 0 radical (unpaired) electrons. The quantitative estimate of drug-likeness (QED) is 0.800. The van der Waals surface area contributed by atoms with Gasteiger partial charge >= 0.3 is 0 Å². The Balaban J connectivity index is 2.52. The summed E-state index contributed by atoms with van der Waals surface area (Å²) in [5.41, 5.74) is 8.82. The van der Waals surface area contributed by atoms with Crippen LogP contribution in [0.3, 0.4) is 0 Å². The Morgan fingerprint density at radius 3 is 2.44 bits per heavy atom. The maximum Gasteiger partial charge on any atom is 0.102 e. The third-order valence-corrected chi connectivity index (χ3v) is 2.96. The second-order valence-electron chi connectivity index (χ2n) is 3.28. The molecule has 0 aliphatic carbocycles. The molecule has 3 heteroatoms. The highest BCUT2D eigenvalue weighted by Crippen LogP contribution is 2.23. The highest BCUT2D eigenvalue weighted by atomic mass is 32.1. The Bertz CT molecular complexity index is 533. The molecule has 16 heavy (non-hydrogen) atoms. The van der Waals surface area contributed by atoms with Crippen molar-refractivity contribution in [1.29, 1.82) is 5.26 Å². The van der Waals surface area contributed by atoms with Gasteiger partial charge in [-0.1, -0.05) is 30.3 Å².